The number of rotatable bonds is 6. The highest BCUT2D eigenvalue weighted by molar-refractivity contribution is 5.94. The van der Waals surface area contributed by atoms with Gasteiger partial charge in [0.25, 0.3) is 5.91 Å². The van der Waals surface area contributed by atoms with Gasteiger partial charge in [0.15, 0.2) is 0 Å². The second kappa shape index (κ2) is 9.85. The molecule has 1 N–H and O–H groups in total. The third-order valence-electron chi connectivity index (χ3n) is 5.73. The van der Waals surface area contributed by atoms with E-state index in [0.29, 0.717) is 12.1 Å². The van der Waals surface area contributed by atoms with E-state index in [1.54, 1.807) is 0 Å². The molecule has 6 nitrogen and oxygen atoms in total. The first-order valence-electron chi connectivity index (χ1n) is 10.7. The summed E-state index contributed by atoms with van der Waals surface area (Å²) < 4.78 is 5.35. The third-order valence-corrected chi connectivity index (χ3v) is 5.73. The molecule has 0 radical (unpaired) electrons. The van der Waals surface area contributed by atoms with Gasteiger partial charge in [0.2, 0.25) is 0 Å². The van der Waals surface area contributed by atoms with Crippen LogP contribution in [0.3, 0.4) is 0 Å². The van der Waals surface area contributed by atoms with Crippen LogP contribution in [0, 0.1) is 0 Å². The summed E-state index contributed by atoms with van der Waals surface area (Å²) in [5.41, 5.74) is 2.84. The van der Waals surface area contributed by atoms with Crippen molar-refractivity contribution in [3.05, 3.63) is 48.2 Å². The van der Waals surface area contributed by atoms with Crippen molar-refractivity contribution in [2.45, 2.75) is 19.3 Å². The minimum Gasteiger partial charge on any atom is -0.379 e. The summed E-state index contributed by atoms with van der Waals surface area (Å²) in [6.07, 6.45) is 5.75. The minimum atomic E-state index is -0.0246. The van der Waals surface area contributed by atoms with Crippen LogP contribution in [0.15, 0.2) is 42.6 Å². The van der Waals surface area contributed by atoms with Crippen LogP contribution in [0.4, 0.5) is 5.82 Å². The first kappa shape index (κ1) is 19.9. The van der Waals surface area contributed by atoms with E-state index >= 15 is 0 Å². The van der Waals surface area contributed by atoms with Crippen molar-refractivity contribution in [2.75, 3.05) is 57.4 Å². The lowest BCUT2D eigenvalue weighted by molar-refractivity contribution is 0.0383. The Morgan fingerprint density at radius 1 is 0.931 bits per heavy atom. The van der Waals surface area contributed by atoms with E-state index in [0.717, 1.165) is 62.9 Å². The van der Waals surface area contributed by atoms with Crippen molar-refractivity contribution >= 4 is 11.7 Å². The Balaban J connectivity index is 1.30. The highest BCUT2D eigenvalue weighted by Crippen LogP contribution is 2.23. The molecule has 2 fully saturated rings. The molecule has 0 aliphatic carbocycles. The number of pyridine rings is 1. The van der Waals surface area contributed by atoms with Gasteiger partial charge in [-0.2, -0.15) is 0 Å². The zero-order chi connectivity index (χ0) is 19.9. The zero-order valence-corrected chi connectivity index (χ0v) is 17.0. The minimum absolute atomic E-state index is 0.0246. The van der Waals surface area contributed by atoms with E-state index in [1.165, 1.54) is 19.3 Å². The van der Waals surface area contributed by atoms with Crippen LogP contribution in [0.1, 0.15) is 29.6 Å². The topological polar surface area (TPSA) is 57.7 Å². The molecule has 0 bridgehead atoms. The maximum absolute atomic E-state index is 12.4. The molecule has 2 saturated heterocycles. The Morgan fingerprint density at radius 3 is 2.34 bits per heavy atom. The molecule has 0 spiro atoms. The number of carbonyl (C=O) groups excluding carboxylic acids is 1. The average molecular weight is 395 g/mol. The standard InChI is InChI=1S/C23H30N4O2/c28-23(24-10-13-26-14-16-29-17-15-26)20-6-4-19(5-7-20)21-8-9-22(25-18-21)27-11-2-1-3-12-27/h4-9,18H,1-3,10-17H2,(H,24,28). The molecule has 2 aliphatic heterocycles. The average Bonchev–Trinajstić information content (AvgIpc) is 2.80. The smallest absolute Gasteiger partial charge is 0.251 e. The molecule has 0 atom stereocenters. The molecule has 6 heteroatoms. The maximum Gasteiger partial charge on any atom is 0.251 e. The third kappa shape index (κ3) is 5.34. The number of aromatic nitrogens is 1. The molecule has 0 unspecified atom stereocenters. The van der Waals surface area contributed by atoms with Crippen molar-refractivity contribution in [1.29, 1.82) is 0 Å². The molecule has 1 aromatic carbocycles. The number of nitrogens with zero attached hydrogens (tertiary/aromatic N) is 3. The van der Waals surface area contributed by atoms with Gasteiger partial charge in [0, 0.05) is 56.6 Å². The molecule has 0 saturated carbocycles. The molecule has 154 valence electrons. The number of piperidine rings is 1. The summed E-state index contributed by atoms with van der Waals surface area (Å²) in [5, 5.41) is 3.01. The largest absolute Gasteiger partial charge is 0.379 e. The highest BCUT2D eigenvalue weighted by atomic mass is 16.5. The Bertz CT molecular complexity index is 780. The second-order valence-corrected chi connectivity index (χ2v) is 7.74. The Labute approximate surface area is 172 Å². The number of anilines is 1. The normalized spacial score (nSPS) is 17.9. The predicted molar refractivity (Wildman–Crippen MR) is 115 cm³/mol. The van der Waals surface area contributed by atoms with Gasteiger partial charge in [-0.1, -0.05) is 12.1 Å². The van der Waals surface area contributed by atoms with Crippen LogP contribution in [0.5, 0.6) is 0 Å². The number of carbonyl (C=O) groups is 1. The van der Waals surface area contributed by atoms with E-state index in [4.69, 9.17) is 4.74 Å². The van der Waals surface area contributed by atoms with Gasteiger partial charge in [-0.3, -0.25) is 9.69 Å². The van der Waals surface area contributed by atoms with E-state index in [1.807, 2.05) is 30.5 Å². The highest BCUT2D eigenvalue weighted by Gasteiger charge is 2.13. The summed E-state index contributed by atoms with van der Waals surface area (Å²) in [7, 11) is 0. The quantitative estimate of drug-likeness (QED) is 0.817. The molecule has 2 aromatic rings. The van der Waals surface area contributed by atoms with Crippen molar-refractivity contribution in [2.24, 2.45) is 0 Å². The first-order chi connectivity index (χ1) is 14.3. The number of ether oxygens (including phenoxy) is 1. The Morgan fingerprint density at radius 2 is 1.66 bits per heavy atom. The van der Waals surface area contributed by atoms with Crippen LogP contribution < -0.4 is 10.2 Å². The molecular weight excluding hydrogens is 364 g/mol. The van der Waals surface area contributed by atoms with Gasteiger partial charge >= 0.3 is 0 Å². The molecule has 2 aliphatic rings. The van der Waals surface area contributed by atoms with E-state index < -0.39 is 0 Å². The Kier molecular flexibility index (Phi) is 6.75. The van der Waals surface area contributed by atoms with E-state index in [2.05, 4.69) is 32.2 Å². The molecule has 1 aromatic heterocycles. The molecule has 3 heterocycles. The number of hydrogen-bond donors (Lipinski definition) is 1. The van der Waals surface area contributed by atoms with Crippen molar-refractivity contribution < 1.29 is 9.53 Å². The number of amides is 1. The lowest BCUT2D eigenvalue weighted by atomic mass is 10.1. The molecule has 1 amide bonds. The fourth-order valence-corrected chi connectivity index (χ4v) is 3.94. The van der Waals surface area contributed by atoms with Gasteiger partial charge in [-0.15, -0.1) is 0 Å². The number of nitrogens with one attached hydrogen (secondary N) is 1. The fraction of sp³-hybridized carbons (Fsp3) is 0.478. The summed E-state index contributed by atoms with van der Waals surface area (Å²) in [6, 6.07) is 12.0. The van der Waals surface area contributed by atoms with Gasteiger partial charge in [0.1, 0.15) is 5.82 Å². The predicted octanol–water partition coefficient (Wildman–Crippen LogP) is 2.80. The second-order valence-electron chi connectivity index (χ2n) is 7.74. The van der Waals surface area contributed by atoms with Crippen LogP contribution in [0.2, 0.25) is 0 Å². The van der Waals surface area contributed by atoms with Gasteiger partial charge in [-0.25, -0.2) is 4.98 Å². The fourth-order valence-electron chi connectivity index (χ4n) is 3.94. The monoisotopic (exact) mass is 394 g/mol. The summed E-state index contributed by atoms with van der Waals surface area (Å²) in [6.45, 7) is 7.16. The van der Waals surface area contributed by atoms with Gasteiger partial charge in [-0.05, 0) is 49.1 Å². The van der Waals surface area contributed by atoms with Crippen LogP contribution >= 0.6 is 0 Å². The number of benzene rings is 1. The maximum atomic E-state index is 12.4. The molecular formula is C23H30N4O2. The van der Waals surface area contributed by atoms with Crippen LogP contribution in [0.25, 0.3) is 11.1 Å². The van der Waals surface area contributed by atoms with Crippen LogP contribution in [-0.2, 0) is 4.74 Å². The van der Waals surface area contributed by atoms with E-state index in [9.17, 15) is 4.79 Å². The lowest BCUT2D eigenvalue weighted by Crippen LogP contribution is -2.41. The SMILES string of the molecule is O=C(NCCN1CCOCC1)c1ccc(-c2ccc(N3CCCCC3)nc2)cc1. The van der Waals surface area contributed by atoms with Crippen molar-refractivity contribution in [3.8, 4) is 11.1 Å². The Hall–Kier alpha value is -2.44. The zero-order valence-electron chi connectivity index (χ0n) is 17.0. The van der Waals surface area contributed by atoms with Gasteiger partial charge < -0.3 is 15.0 Å². The summed E-state index contributed by atoms with van der Waals surface area (Å²) in [5.74, 6) is 1.04. The summed E-state index contributed by atoms with van der Waals surface area (Å²) in [4.78, 5) is 21.7. The molecule has 29 heavy (non-hydrogen) atoms. The van der Waals surface area contributed by atoms with Gasteiger partial charge in [0.05, 0.1) is 13.2 Å². The van der Waals surface area contributed by atoms with Crippen LogP contribution in [-0.4, -0.2) is 68.3 Å². The lowest BCUT2D eigenvalue weighted by Gasteiger charge is -2.27. The summed E-state index contributed by atoms with van der Waals surface area (Å²) >= 11 is 0. The van der Waals surface area contributed by atoms with E-state index in [-0.39, 0.29) is 5.91 Å². The molecule has 4 rings (SSSR count). The first-order valence-corrected chi connectivity index (χ1v) is 10.7. The van der Waals surface area contributed by atoms with Crippen molar-refractivity contribution in [3.63, 3.8) is 0 Å². The number of morpholine rings is 1. The number of hydrogen-bond acceptors (Lipinski definition) is 5. The van der Waals surface area contributed by atoms with Crippen molar-refractivity contribution in [1.82, 2.24) is 15.2 Å².